The van der Waals surface area contributed by atoms with Gasteiger partial charge in [0.1, 0.15) is 10.7 Å². The van der Waals surface area contributed by atoms with E-state index in [1.54, 1.807) is 20.9 Å². The van der Waals surface area contributed by atoms with Crippen LogP contribution >= 0.6 is 0 Å². The largest absolute Gasteiger partial charge is 0.316 e. The van der Waals surface area contributed by atoms with Crippen molar-refractivity contribution in [1.29, 1.82) is 0 Å². The van der Waals surface area contributed by atoms with E-state index in [2.05, 4.69) is 5.32 Å². The Balaban J connectivity index is 3.17. The summed E-state index contributed by atoms with van der Waals surface area (Å²) in [5.41, 5.74) is 0. The van der Waals surface area contributed by atoms with E-state index in [-0.39, 0.29) is 10.9 Å². The van der Waals surface area contributed by atoms with Crippen LogP contribution in [0.1, 0.15) is 13.8 Å². The molecule has 0 aromatic heterocycles. The van der Waals surface area contributed by atoms with Crippen LogP contribution in [0.5, 0.6) is 0 Å². The minimum atomic E-state index is -3.62. The second kappa shape index (κ2) is 4.93. The fourth-order valence-corrected chi connectivity index (χ4v) is 3.06. The lowest BCUT2D eigenvalue weighted by molar-refractivity contribution is 0.528. The number of hydrogen-bond acceptors (Lipinski definition) is 3. The van der Waals surface area contributed by atoms with Crippen LogP contribution in [-0.4, -0.2) is 26.8 Å². The minimum Gasteiger partial charge on any atom is -0.316 e. The van der Waals surface area contributed by atoms with Gasteiger partial charge in [-0.25, -0.2) is 12.8 Å². The summed E-state index contributed by atoms with van der Waals surface area (Å²) in [5.74, 6) is -0.697. The summed E-state index contributed by atoms with van der Waals surface area (Å²) >= 11 is 0. The van der Waals surface area contributed by atoms with E-state index in [1.165, 1.54) is 18.2 Å². The van der Waals surface area contributed by atoms with Crippen LogP contribution in [0.15, 0.2) is 29.2 Å². The van der Waals surface area contributed by atoms with Crippen molar-refractivity contribution in [1.82, 2.24) is 5.32 Å². The molecule has 2 unspecified atom stereocenters. The van der Waals surface area contributed by atoms with Gasteiger partial charge in [-0.1, -0.05) is 12.1 Å². The Hall–Kier alpha value is -0.940. The molecule has 0 heterocycles. The van der Waals surface area contributed by atoms with E-state index in [9.17, 15) is 12.8 Å². The minimum absolute atomic E-state index is 0.232. The Morgan fingerprint density at radius 3 is 2.31 bits per heavy atom. The summed E-state index contributed by atoms with van der Waals surface area (Å²) in [4.78, 5) is -0.232. The van der Waals surface area contributed by atoms with Crippen molar-refractivity contribution >= 4 is 9.84 Å². The summed E-state index contributed by atoms with van der Waals surface area (Å²) in [6.07, 6.45) is 0. The van der Waals surface area contributed by atoms with Gasteiger partial charge in [0.25, 0.3) is 0 Å². The van der Waals surface area contributed by atoms with E-state index >= 15 is 0 Å². The predicted molar refractivity (Wildman–Crippen MR) is 61.6 cm³/mol. The highest BCUT2D eigenvalue weighted by atomic mass is 32.2. The molecule has 2 atom stereocenters. The molecule has 1 rings (SSSR count). The molecule has 0 aliphatic carbocycles. The monoisotopic (exact) mass is 245 g/mol. The molecule has 0 aliphatic rings. The number of rotatable bonds is 4. The van der Waals surface area contributed by atoms with Gasteiger partial charge in [0, 0.05) is 6.04 Å². The highest BCUT2D eigenvalue weighted by Gasteiger charge is 2.29. The van der Waals surface area contributed by atoms with Gasteiger partial charge >= 0.3 is 0 Å². The van der Waals surface area contributed by atoms with Crippen LogP contribution < -0.4 is 5.32 Å². The summed E-state index contributed by atoms with van der Waals surface area (Å²) in [5, 5.41) is 2.19. The van der Waals surface area contributed by atoms with Gasteiger partial charge in [0.2, 0.25) is 0 Å². The molecule has 90 valence electrons. The first-order valence-electron chi connectivity index (χ1n) is 5.07. The average molecular weight is 245 g/mol. The summed E-state index contributed by atoms with van der Waals surface area (Å²) in [7, 11) is -1.94. The smallest absolute Gasteiger partial charge is 0.185 e. The Morgan fingerprint density at radius 1 is 1.25 bits per heavy atom. The number of halogens is 1. The second-order valence-electron chi connectivity index (χ2n) is 3.76. The maximum absolute atomic E-state index is 13.4. The maximum atomic E-state index is 13.4. The van der Waals surface area contributed by atoms with E-state index < -0.39 is 20.9 Å². The van der Waals surface area contributed by atoms with Crippen molar-refractivity contribution in [3.8, 4) is 0 Å². The molecule has 16 heavy (non-hydrogen) atoms. The third-order valence-electron chi connectivity index (χ3n) is 2.79. The highest BCUT2D eigenvalue weighted by Crippen LogP contribution is 2.20. The first-order chi connectivity index (χ1) is 7.41. The molecule has 0 saturated heterocycles. The maximum Gasteiger partial charge on any atom is 0.185 e. The standard InChI is InChI=1S/C11H16FNO2S/c1-8(13-3)9(2)16(14,15)11-7-5-4-6-10(11)12/h4-9,13H,1-3H3. The van der Waals surface area contributed by atoms with Crippen molar-refractivity contribution < 1.29 is 12.8 Å². The SMILES string of the molecule is CNC(C)C(C)S(=O)(=O)c1ccccc1F. The van der Waals surface area contributed by atoms with Crippen LogP contribution in [0.3, 0.4) is 0 Å². The first-order valence-corrected chi connectivity index (χ1v) is 6.61. The van der Waals surface area contributed by atoms with E-state index in [1.807, 2.05) is 0 Å². The summed E-state index contributed by atoms with van der Waals surface area (Å²) < 4.78 is 37.6. The van der Waals surface area contributed by atoms with Gasteiger partial charge in [-0.2, -0.15) is 0 Å². The third-order valence-corrected chi connectivity index (χ3v) is 5.12. The molecule has 1 N–H and O–H groups in total. The van der Waals surface area contributed by atoms with E-state index in [4.69, 9.17) is 0 Å². The molecule has 0 saturated carbocycles. The van der Waals surface area contributed by atoms with Gasteiger partial charge in [-0.05, 0) is 33.0 Å². The van der Waals surface area contributed by atoms with Crippen LogP contribution in [0, 0.1) is 5.82 Å². The predicted octanol–water partition coefficient (Wildman–Crippen LogP) is 1.60. The molecule has 5 heteroatoms. The molecule has 0 spiro atoms. The molecule has 1 aromatic carbocycles. The Morgan fingerprint density at radius 2 is 1.81 bits per heavy atom. The van der Waals surface area contributed by atoms with Crippen LogP contribution in [0.25, 0.3) is 0 Å². The van der Waals surface area contributed by atoms with Gasteiger partial charge in [0.05, 0.1) is 5.25 Å². The van der Waals surface area contributed by atoms with Crippen molar-refractivity contribution in [3.63, 3.8) is 0 Å². The Kier molecular flexibility index (Phi) is 4.04. The second-order valence-corrected chi connectivity index (χ2v) is 6.03. The normalized spacial score (nSPS) is 15.8. The molecule has 1 aromatic rings. The molecule has 3 nitrogen and oxygen atoms in total. The zero-order valence-electron chi connectivity index (χ0n) is 9.57. The third kappa shape index (κ3) is 2.41. The summed E-state index contributed by atoms with van der Waals surface area (Å²) in [6, 6.07) is 5.21. The topological polar surface area (TPSA) is 46.2 Å². The highest BCUT2D eigenvalue weighted by molar-refractivity contribution is 7.92. The lowest BCUT2D eigenvalue weighted by Crippen LogP contribution is -2.38. The van der Waals surface area contributed by atoms with E-state index in [0.717, 1.165) is 6.07 Å². The lowest BCUT2D eigenvalue weighted by Gasteiger charge is -2.19. The van der Waals surface area contributed by atoms with Crippen LogP contribution in [0.4, 0.5) is 4.39 Å². The number of nitrogens with one attached hydrogen (secondary N) is 1. The van der Waals surface area contributed by atoms with Crippen molar-refractivity contribution in [3.05, 3.63) is 30.1 Å². The molecule has 0 amide bonds. The number of hydrogen-bond donors (Lipinski definition) is 1. The summed E-state index contributed by atoms with van der Waals surface area (Å²) in [6.45, 7) is 3.33. The van der Waals surface area contributed by atoms with Crippen LogP contribution in [-0.2, 0) is 9.84 Å². The number of sulfone groups is 1. The van der Waals surface area contributed by atoms with Crippen molar-refractivity contribution in [2.45, 2.75) is 30.0 Å². The molecule has 0 aliphatic heterocycles. The lowest BCUT2D eigenvalue weighted by atomic mass is 10.3. The van der Waals surface area contributed by atoms with Gasteiger partial charge < -0.3 is 5.32 Å². The Labute approximate surface area is 95.6 Å². The molecule has 0 bridgehead atoms. The molecule has 0 radical (unpaired) electrons. The fourth-order valence-electron chi connectivity index (χ4n) is 1.38. The zero-order valence-corrected chi connectivity index (χ0v) is 10.4. The van der Waals surface area contributed by atoms with E-state index in [0.29, 0.717) is 0 Å². The zero-order chi connectivity index (χ0) is 12.3. The fraction of sp³-hybridized carbons (Fsp3) is 0.455. The molecular weight excluding hydrogens is 229 g/mol. The van der Waals surface area contributed by atoms with Gasteiger partial charge in [0.15, 0.2) is 9.84 Å². The molecular formula is C11H16FNO2S. The Bertz CT molecular complexity index is 459. The number of benzene rings is 1. The van der Waals surface area contributed by atoms with Gasteiger partial charge in [-0.15, -0.1) is 0 Å². The first kappa shape index (κ1) is 13.1. The molecule has 0 fully saturated rings. The van der Waals surface area contributed by atoms with Crippen molar-refractivity contribution in [2.24, 2.45) is 0 Å². The quantitative estimate of drug-likeness (QED) is 0.876. The van der Waals surface area contributed by atoms with Gasteiger partial charge in [-0.3, -0.25) is 0 Å². The van der Waals surface area contributed by atoms with Crippen LogP contribution in [0.2, 0.25) is 0 Å². The van der Waals surface area contributed by atoms with Crippen molar-refractivity contribution in [2.75, 3.05) is 7.05 Å². The average Bonchev–Trinajstić information content (AvgIpc) is 2.27.